The van der Waals surface area contributed by atoms with Gasteiger partial charge in [0.15, 0.2) is 8.32 Å². The SMILES string of the molecule is C=C[C@@](C)(CCC=O)O[Si](CC)(CC)CC. The normalized spacial score (nSPS) is 15.5. The van der Waals surface area contributed by atoms with E-state index in [-0.39, 0.29) is 5.60 Å². The topological polar surface area (TPSA) is 26.3 Å². The second-order valence-electron chi connectivity index (χ2n) is 4.57. The molecule has 3 heteroatoms. The van der Waals surface area contributed by atoms with Gasteiger partial charge in [0.05, 0.1) is 5.60 Å². The first-order chi connectivity index (χ1) is 7.51. The van der Waals surface area contributed by atoms with Crippen molar-refractivity contribution in [2.24, 2.45) is 0 Å². The molecule has 16 heavy (non-hydrogen) atoms. The molecule has 0 bridgehead atoms. The first kappa shape index (κ1) is 15.6. The van der Waals surface area contributed by atoms with Gasteiger partial charge in [0.25, 0.3) is 0 Å². The van der Waals surface area contributed by atoms with Crippen molar-refractivity contribution in [3.05, 3.63) is 12.7 Å². The summed E-state index contributed by atoms with van der Waals surface area (Å²) in [5, 5.41) is 0. The monoisotopic (exact) mass is 242 g/mol. The standard InChI is InChI=1S/C13H26O2Si/c1-6-13(5,11-10-12-14)15-16(7-2,8-3)9-4/h6,12H,1,7-11H2,2-5H3/t13-/m0/s1. The number of hydrogen-bond acceptors (Lipinski definition) is 2. The highest BCUT2D eigenvalue weighted by Crippen LogP contribution is 2.30. The third-order valence-corrected chi connectivity index (χ3v) is 8.34. The fourth-order valence-electron chi connectivity index (χ4n) is 2.00. The van der Waals surface area contributed by atoms with Crippen LogP contribution < -0.4 is 0 Å². The lowest BCUT2D eigenvalue weighted by Crippen LogP contribution is -2.44. The zero-order valence-corrected chi connectivity index (χ0v) is 12.2. The van der Waals surface area contributed by atoms with E-state index >= 15 is 0 Å². The smallest absolute Gasteiger partial charge is 0.193 e. The molecule has 0 heterocycles. The first-order valence-corrected chi connectivity index (χ1v) is 8.81. The Morgan fingerprint density at radius 2 is 1.75 bits per heavy atom. The lowest BCUT2D eigenvalue weighted by molar-refractivity contribution is -0.108. The molecule has 2 nitrogen and oxygen atoms in total. The second kappa shape index (κ2) is 7.02. The van der Waals surface area contributed by atoms with E-state index in [0.717, 1.165) is 30.8 Å². The van der Waals surface area contributed by atoms with Crippen molar-refractivity contribution in [2.75, 3.05) is 0 Å². The van der Waals surface area contributed by atoms with Crippen molar-refractivity contribution in [3.8, 4) is 0 Å². The van der Waals surface area contributed by atoms with E-state index < -0.39 is 8.32 Å². The minimum atomic E-state index is -1.61. The van der Waals surface area contributed by atoms with Crippen molar-refractivity contribution in [3.63, 3.8) is 0 Å². The molecule has 0 unspecified atom stereocenters. The summed E-state index contributed by atoms with van der Waals surface area (Å²) >= 11 is 0. The van der Waals surface area contributed by atoms with Crippen LogP contribution in [0.15, 0.2) is 12.7 Å². The Morgan fingerprint density at radius 3 is 2.06 bits per heavy atom. The summed E-state index contributed by atoms with van der Waals surface area (Å²) in [6.07, 6.45) is 4.11. The minimum Gasteiger partial charge on any atom is -0.408 e. The van der Waals surface area contributed by atoms with Gasteiger partial charge in [0.1, 0.15) is 6.29 Å². The molecule has 0 aromatic carbocycles. The summed E-state index contributed by atoms with van der Waals surface area (Å²) in [6.45, 7) is 12.5. The molecule has 0 saturated heterocycles. The molecule has 0 aliphatic rings. The molecule has 0 aliphatic carbocycles. The fourth-order valence-corrected chi connectivity index (χ4v) is 5.11. The van der Waals surface area contributed by atoms with Crippen molar-refractivity contribution in [1.82, 2.24) is 0 Å². The molecule has 0 rings (SSSR count). The summed E-state index contributed by atoms with van der Waals surface area (Å²) in [6, 6.07) is 3.39. The Labute approximate surface area is 101 Å². The maximum atomic E-state index is 10.5. The van der Waals surface area contributed by atoms with Gasteiger partial charge < -0.3 is 9.22 Å². The minimum absolute atomic E-state index is 0.324. The predicted molar refractivity (Wildman–Crippen MR) is 72.2 cm³/mol. The van der Waals surface area contributed by atoms with Crippen LogP contribution in [-0.4, -0.2) is 20.2 Å². The van der Waals surface area contributed by atoms with Gasteiger partial charge in [0, 0.05) is 6.42 Å². The van der Waals surface area contributed by atoms with E-state index in [1.54, 1.807) is 0 Å². The second-order valence-corrected chi connectivity index (χ2v) is 9.26. The van der Waals surface area contributed by atoms with Crippen LogP contribution in [0.4, 0.5) is 0 Å². The lowest BCUT2D eigenvalue weighted by Gasteiger charge is -2.38. The van der Waals surface area contributed by atoms with Gasteiger partial charge in [-0.3, -0.25) is 0 Å². The van der Waals surface area contributed by atoms with Gasteiger partial charge in [-0.2, -0.15) is 0 Å². The molecule has 0 saturated carbocycles. The van der Waals surface area contributed by atoms with Gasteiger partial charge in [0.2, 0.25) is 0 Å². The average molecular weight is 242 g/mol. The van der Waals surface area contributed by atoms with E-state index in [2.05, 4.69) is 27.4 Å². The highest BCUT2D eigenvalue weighted by atomic mass is 28.4. The van der Waals surface area contributed by atoms with Gasteiger partial charge in [-0.1, -0.05) is 26.8 Å². The fraction of sp³-hybridized carbons (Fsp3) is 0.769. The number of carbonyl (C=O) groups is 1. The van der Waals surface area contributed by atoms with Gasteiger partial charge in [-0.05, 0) is 31.5 Å². The molecule has 0 amide bonds. The Hall–Kier alpha value is -0.413. The zero-order chi connectivity index (χ0) is 12.7. The van der Waals surface area contributed by atoms with Crippen molar-refractivity contribution < 1.29 is 9.22 Å². The quantitative estimate of drug-likeness (QED) is 0.348. The third kappa shape index (κ3) is 4.22. The maximum absolute atomic E-state index is 10.5. The zero-order valence-electron chi connectivity index (χ0n) is 11.2. The van der Waals surface area contributed by atoms with Crippen molar-refractivity contribution >= 4 is 14.6 Å². The number of aldehydes is 1. The molecule has 94 valence electrons. The Bertz CT molecular complexity index is 216. The Kier molecular flexibility index (Phi) is 6.84. The van der Waals surface area contributed by atoms with E-state index in [1.807, 2.05) is 13.0 Å². The van der Waals surface area contributed by atoms with Crippen molar-refractivity contribution in [2.45, 2.75) is 64.3 Å². The molecule has 0 aliphatic heterocycles. The Morgan fingerprint density at radius 1 is 1.25 bits per heavy atom. The summed E-state index contributed by atoms with van der Waals surface area (Å²) < 4.78 is 6.39. The highest BCUT2D eigenvalue weighted by molar-refractivity contribution is 6.73. The van der Waals surface area contributed by atoms with Crippen LogP contribution in [0.25, 0.3) is 0 Å². The molecule has 0 aromatic rings. The first-order valence-electron chi connectivity index (χ1n) is 6.28. The largest absolute Gasteiger partial charge is 0.408 e. The lowest BCUT2D eigenvalue weighted by atomic mass is 10.0. The summed E-state index contributed by atoms with van der Waals surface area (Å²) in [7, 11) is -1.61. The van der Waals surface area contributed by atoms with Crippen LogP contribution in [0.3, 0.4) is 0 Å². The van der Waals surface area contributed by atoms with Gasteiger partial charge in [-0.25, -0.2) is 0 Å². The third-order valence-electron chi connectivity index (χ3n) is 3.57. The summed E-state index contributed by atoms with van der Waals surface area (Å²) in [5.41, 5.74) is -0.324. The number of rotatable bonds is 9. The highest BCUT2D eigenvalue weighted by Gasteiger charge is 2.36. The van der Waals surface area contributed by atoms with Crippen LogP contribution in [0.2, 0.25) is 18.1 Å². The predicted octanol–water partition coefficient (Wildman–Crippen LogP) is 3.93. The molecule has 0 radical (unpaired) electrons. The molecule has 0 aromatic heterocycles. The molecule has 0 spiro atoms. The molecular formula is C13H26O2Si. The molecular weight excluding hydrogens is 216 g/mol. The Balaban J connectivity index is 4.70. The van der Waals surface area contributed by atoms with E-state index in [4.69, 9.17) is 4.43 Å². The van der Waals surface area contributed by atoms with E-state index in [1.165, 1.54) is 0 Å². The van der Waals surface area contributed by atoms with E-state index in [0.29, 0.717) is 6.42 Å². The van der Waals surface area contributed by atoms with Crippen LogP contribution in [0, 0.1) is 0 Å². The molecule has 0 N–H and O–H groups in total. The number of hydrogen-bond donors (Lipinski definition) is 0. The van der Waals surface area contributed by atoms with Crippen LogP contribution in [0.1, 0.15) is 40.5 Å². The van der Waals surface area contributed by atoms with E-state index in [9.17, 15) is 4.79 Å². The van der Waals surface area contributed by atoms with Crippen LogP contribution >= 0.6 is 0 Å². The maximum Gasteiger partial charge on any atom is 0.193 e. The van der Waals surface area contributed by atoms with Crippen LogP contribution in [0.5, 0.6) is 0 Å². The van der Waals surface area contributed by atoms with Crippen molar-refractivity contribution in [1.29, 1.82) is 0 Å². The molecule has 1 atom stereocenters. The summed E-state index contributed by atoms with van der Waals surface area (Å²) in [5.74, 6) is 0. The van der Waals surface area contributed by atoms with Gasteiger partial charge >= 0.3 is 0 Å². The summed E-state index contributed by atoms with van der Waals surface area (Å²) in [4.78, 5) is 10.5. The number of carbonyl (C=O) groups excluding carboxylic acids is 1. The average Bonchev–Trinajstić information content (AvgIpc) is 2.34. The van der Waals surface area contributed by atoms with Crippen LogP contribution in [-0.2, 0) is 9.22 Å². The van der Waals surface area contributed by atoms with Gasteiger partial charge in [-0.15, -0.1) is 6.58 Å². The molecule has 0 fully saturated rings.